The Morgan fingerprint density at radius 2 is 0.918 bits per heavy atom. The van der Waals surface area contributed by atoms with Gasteiger partial charge in [0.15, 0.2) is 17.5 Å². The fourth-order valence-electron chi connectivity index (χ4n) is 7.38. The van der Waals surface area contributed by atoms with Gasteiger partial charge in [0.2, 0.25) is 0 Å². The predicted octanol–water partition coefficient (Wildman–Crippen LogP) is 11.0. The lowest BCUT2D eigenvalue weighted by Gasteiger charge is -2.21. The number of benzene rings is 7. The van der Waals surface area contributed by atoms with Crippen LogP contribution in [0.3, 0.4) is 0 Å². The summed E-state index contributed by atoms with van der Waals surface area (Å²) in [7, 11) is 0. The van der Waals surface area contributed by atoms with Crippen LogP contribution < -0.4 is 0 Å². The largest absolute Gasteiger partial charge is 0.208 e. The smallest absolute Gasteiger partial charge is 0.164 e. The summed E-state index contributed by atoms with van der Waals surface area (Å²) in [6, 6.07) is 52.8. The zero-order valence-electron chi connectivity index (χ0n) is 27.1. The van der Waals surface area contributed by atoms with Crippen molar-refractivity contribution in [2.75, 3.05) is 0 Å². The first kappa shape index (κ1) is 28.8. The van der Waals surface area contributed by atoms with Crippen LogP contribution in [0.2, 0.25) is 0 Å². The third-order valence-electron chi connectivity index (χ3n) is 9.95. The highest BCUT2D eigenvalue weighted by atomic mass is 15.0. The number of hydrogen-bond donors (Lipinski definition) is 0. The summed E-state index contributed by atoms with van der Waals surface area (Å²) in [6.45, 7) is 4.49. The van der Waals surface area contributed by atoms with Gasteiger partial charge in [-0.3, -0.25) is 0 Å². The molecule has 1 heterocycles. The Morgan fingerprint density at radius 1 is 0.449 bits per heavy atom. The van der Waals surface area contributed by atoms with Gasteiger partial charge in [0, 0.05) is 27.7 Å². The van der Waals surface area contributed by atoms with Crippen LogP contribution in [-0.4, -0.2) is 15.0 Å². The van der Waals surface area contributed by atoms with Crippen LogP contribution >= 0.6 is 0 Å². The van der Waals surface area contributed by atoms with Crippen LogP contribution in [0.5, 0.6) is 0 Å². The normalized spacial score (nSPS) is 12.8. The lowest BCUT2D eigenvalue weighted by molar-refractivity contribution is 0.660. The third-order valence-corrected chi connectivity index (χ3v) is 9.95. The van der Waals surface area contributed by atoms with Crippen molar-refractivity contribution in [2.45, 2.75) is 19.3 Å². The van der Waals surface area contributed by atoms with Crippen molar-refractivity contribution in [3.05, 3.63) is 162 Å². The van der Waals surface area contributed by atoms with E-state index in [1.54, 1.807) is 0 Å². The molecule has 0 radical (unpaired) electrons. The van der Waals surface area contributed by atoms with E-state index in [4.69, 9.17) is 15.0 Å². The average Bonchev–Trinajstić information content (AvgIpc) is 3.40. The van der Waals surface area contributed by atoms with E-state index in [0.29, 0.717) is 23.0 Å². The molecule has 0 amide bonds. The van der Waals surface area contributed by atoms with E-state index in [1.165, 1.54) is 21.9 Å². The van der Waals surface area contributed by atoms with E-state index in [-0.39, 0.29) is 5.41 Å². The number of aromatic nitrogens is 3. The molecule has 9 rings (SSSR count). The Kier molecular flexibility index (Phi) is 6.50. The van der Waals surface area contributed by atoms with Gasteiger partial charge >= 0.3 is 0 Å². The van der Waals surface area contributed by atoms with Crippen LogP contribution in [-0.2, 0) is 5.41 Å². The highest BCUT2D eigenvalue weighted by Crippen LogP contribution is 2.53. The van der Waals surface area contributed by atoms with Gasteiger partial charge in [0.05, 0.1) is 11.6 Å². The van der Waals surface area contributed by atoms with E-state index < -0.39 is 0 Å². The molecule has 0 N–H and O–H groups in total. The van der Waals surface area contributed by atoms with Crippen molar-refractivity contribution in [2.24, 2.45) is 0 Å². The van der Waals surface area contributed by atoms with E-state index >= 15 is 0 Å². The Bertz CT molecular complexity index is 2550. The molecule has 0 saturated carbocycles. The first-order valence-electron chi connectivity index (χ1n) is 16.5. The minimum atomic E-state index is -0.198. The Hall–Kier alpha value is -6.44. The van der Waals surface area contributed by atoms with E-state index in [2.05, 4.69) is 153 Å². The predicted molar refractivity (Wildman–Crippen MR) is 199 cm³/mol. The molecule has 0 bridgehead atoms. The molecule has 1 aromatic heterocycles. The number of fused-ring (bicyclic) bond motifs is 5. The number of nitrogens with zero attached hydrogens (tertiary/aromatic N) is 4. The Balaban J connectivity index is 1.18. The second kappa shape index (κ2) is 11.1. The molecule has 1 aliphatic carbocycles. The zero-order chi connectivity index (χ0) is 33.1. The molecule has 0 fully saturated rings. The average molecular weight is 627 g/mol. The monoisotopic (exact) mass is 626 g/mol. The molecule has 0 atom stereocenters. The van der Waals surface area contributed by atoms with E-state index in [1.807, 2.05) is 12.1 Å². The van der Waals surface area contributed by atoms with Crippen LogP contribution in [0.25, 0.3) is 78.0 Å². The highest BCUT2D eigenvalue weighted by Gasteiger charge is 2.38. The summed E-state index contributed by atoms with van der Waals surface area (Å²) in [5, 5.41) is 14.7. The molecule has 0 spiro atoms. The molecule has 0 aliphatic heterocycles. The van der Waals surface area contributed by atoms with Gasteiger partial charge in [-0.1, -0.05) is 141 Å². The molecule has 0 unspecified atom stereocenters. The van der Waals surface area contributed by atoms with Crippen LogP contribution in [0.15, 0.2) is 146 Å². The SMILES string of the molecule is CC1(C)c2cccc(C#N)c2-c2c(-c3ccc(-c4nc(-c5ccc6ccccc6c5)nc(-c5ccc6ccccc6c5)n4)cc3)cccc21. The standard InChI is InChI=1S/C45H30N4/c1-45(2)38-15-7-13-36(27-46)40(38)41-37(14-8-16-39(41)45)30-19-21-31(22-20-30)42-47-43(34-23-17-28-9-3-5-11-32(28)25-34)49-44(48-42)35-24-18-29-10-4-6-12-33(29)26-35/h3-26H,1-2H3. The van der Waals surface area contributed by atoms with Crippen molar-refractivity contribution in [3.8, 4) is 62.5 Å². The van der Waals surface area contributed by atoms with Gasteiger partial charge in [-0.15, -0.1) is 0 Å². The van der Waals surface area contributed by atoms with Crippen molar-refractivity contribution < 1.29 is 0 Å². The summed E-state index contributed by atoms with van der Waals surface area (Å²) in [6.07, 6.45) is 0. The maximum atomic E-state index is 10.1. The van der Waals surface area contributed by atoms with Gasteiger partial charge in [-0.25, -0.2) is 15.0 Å². The zero-order valence-corrected chi connectivity index (χ0v) is 27.1. The van der Waals surface area contributed by atoms with Crippen LogP contribution in [0.4, 0.5) is 0 Å². The summed E-state index contributed by atoms with van der Waals surface area (Å²) >= 11 is 0. The fraction of sp³-hybridized carbons (Fsp3) is 0.0667. The number of nitriles is 1. The summed E-state index contributed by atoms with van der Waals surface area (Å²) in [4.78, 5) is 15.1. The Labute approximate surface area is 285 Å². The summed E-state index contributed by atoms with van der Waals surface area (Å²) < 4.78 is 0. The second-order valence-electron chi connectivity index (χ2n) is 13.2. The topological polar surface area (TPSA) is 62.5 Å². The maximum absolute atomic E-state index is 10.1. The molecule has 4 nitrogen and oxygen atoms in total. The van der Waals surface area contributed by atoms with Gasteiger partial charge in [0.25, 0.3) is 0 Å². The molecule has 8 aromatic rings. The lowest BCUT2D eigenvalue weighted by Crippen LogP contribution is -2.14. The number of rotatable bonds is 4. The fourth-order valence-corrected chi connectivity index (χ4v) is 7.38. The molecular formula is C45H30N4. The molecule has 4 heteroatoms. The highest BCUT2D eigenvalue weighted by molar-refractivity contribution is 5.95. The minimum absolute atomic E-state index is 0.198. The molecule has 230 valence electrons. The van der Waals surface area contributed by atoms with E-state index in [9.17, 15) is 5.26 Å². The van der Waals surface area contributed by atoms with Gasteiger partial charge < -0.3 is 0 Å². The molecule has 49 heavy (non-hydrogen) atoms. The molecular weight excluding hydrogens is 597 g/mol. The minimum Gasteiger partial charge on any atom is -0.208 e. The van der Waals surface area contributed by atoms with Gasteiger partial charge in [-0.05, 0) is 67.6 Å². The first-order chi connectivity index (χ1) is 24.0. The molecule has 0 saturated heterocycles. The van der Waals surface area contributed by atoms with Crippen molar-refractivity contribution in [1.29, 1.82) is 5.26 Å². The van der Waals surface area contributed by atoms with Gasteiger partial charge in [0.1, 0.15) is 0 Å². The van der Waals surface area contributed by atoms with Crippen LogP contribution in [0, 0.1) is 11.3 Å². The van der Waals surface area contributed by atoms with Crippen molar-refractivity contribution >= 4 is 21.5 Å². The third kappa shape index (κ3) is 4.71. The lowest BCUT2D eigenvalue weighted by atomic mass is 9.82. The number of hydrogen-bond acceptors (Lipinski definition) is 4. The maximum Gasteiger partial charge on any atom is 0.164 e. The first-order valence-corrected chi connectivity index (χ1v) is 16.5. The Morgan fingerprint density at radius 3 is 1.49 bits per heavy atom. The molecule has 1 aliphatic rings. The quantitative estimate of drug-likeness (QED) is 0.195. The van der Waals surface area contributed by atoms with Crippen molar-refractivity contribution in [1.82, 2.24) is 15.0 Å². The van der Waals surface area contributed by atoms with Crippen LogP contribution in [0.1, 0.15) is 30.5 Å². The van der Waals surface area contributed by atoms with Gasteiger partial charge in [-0.2, -0.15) is 5.26 Å². The summed E-state index contributed by atoms with van der Waals surface area (Å²) in [5.41, 5.74) is 10.1. The van der Waals surface area contributed by atoms with E-state index in [0.717, 1.165) is 49.7 Å². The molecule has 7 aromatic carbocycles. The van der Waals surface area contributed by atoms with Crippen molar-refractivity contribution in [3.63, 3.8) is 0 Å². The summed E-state index contributed by atoms with van der Waals surface area (Å²) in [5.74, 6) is 1.88. The second-order valence-corrected chi connectivity index (χ2v) is 13.2.